The number of hydrogen-bond acceptors (Lipinski definition) is 3. The lowest BCUT2D eigenvalue weighted by atomic mass is 9.97. The van der Waals surface area contributed by atoms with Crippen LogP contribution in [0.15, 0.2) is 10.7 Å². The Morgan fingerprint density at radius 1 is 1.47 bits per heavy atom. The maximum absolute atomic E-state index is 12.2. The van der Waals surface area contributed by atoms with Crippen molar-refractivity contribution in [2.75, 3.05) is 13.1 Å². The Labute approximate surface area is 84.7 Å². The molecule has 1 aromatic heterocycles. The minimum Gasteiger partial charge on any atom is -0.441 e. The van der Waals surface area contributed by atoms with Crippen molar-refractivity contribution in [3.8, 4) is 0 Å². The van der Waals surface area contributed by atoms with E-state index in [1.54, 1.807) is 0 Å². The molecule has 6 heteroatoms. The Balaban J connectivity index is 2.12. The third kappa shape index (κ3) is 2.31. The first-order valence-electron chi connectivity index (χ1n) is 4.80. The SMILES string of the molecule is FC(F)(F)c1nc(C2CCCNC2)co1. The molecule has 1 aliphatic rings. The minimum atomic E-state index is -4.49. The lowest BCUT2D eigenvalue weighted by molar-refractivity contribution is -0.157. The molecular weight excluding hydrogens is 209 g/mol. The zero-order valence-corrected chi connectivity index (χ0v) is 7.97. The van der Waals surface area contributed by atoms with E-state index >= 15 is 0 Å². The summed E-state index contributed by atoms with van der Waals surface area (Å²) in [5.41, 5.74) is 0.398. The van der Waals surface area contributed by atoms with Gasteiger partial charge in [0, 0.05) is 12.5 Å². The van der Waals surface area contributed by atoms with Gasteiger partial charge in [0.25, 0.3) is 0 Å². The van der Waals surface area contributed by atoms with Crippen LogP contribution in [0.4, 0.5) is 13.2 Å². The first kappa shape index (κ1) is 10.5. The van der Waals surface area contributed by atoms with Crippen LogP contribution in [0.5, 0.6) is 0 Å². The third-order valence-corrected chi connectivity index (χ3v) is 2.48. The molecule has 0 aliphatic carbocycles. The molecule has 1 fully saturated rings. The van der Waals surface area contributed by atoms with Crippen molar-refractivity contribution < 1.29 is 17.6 Å². The molecule has 1 aliphatic heterocycles. The van der Waals surface area contributed by atoms with Gasteiger partial charge >= 0.3 is 12.1 Å². The molecule has 84 valence electrons. The summed E-state index contributed by atoms with van der Waals surface area (Å²) in [6.45, 7) is 1.59. The molecule has 0 amide bonds. The van der Waals surface area contributed by atoms with E-state index in [2.05, 4.69) is 14.7 Å². The summed E-state index contributed by atoms with van der Waals surface area (Å²) >= 11 is 0. The molecule has 1 atom stereocenters. The first-order valence-corrected chi connectivity index (χ1v) is 4.80. The highest BCUT2D eigenvalue weighted by atomic mass is 19.4. The number of hydrogen-bond donors (Lipinski definition) is 1. The predicted octanol–water partition coefficient (Wildman–Crippen LogP) is 2.16. The minimum absolute atomic E-state index is 0.0404. The van der Waals surface area contributed by atoms with Gasteiger partial charge in [0.2, 0.25) is 0 Å². The van der Waals surface area contributed by atoms with Crippen LogP contribution < -0.4 is 5.32 Å². The maximum Gasteiger partial charge on any atom is 0.468 e. The predicted molar refractivity (Wildman–Crippen MR) is 46.3 cm³/mol. The van der Waals surface area contributed by atoms with Gasteiger partial charge in [-0.25, -0.2) is 4.98 Å². The van der Waals surface area contributed by atoms with Crippen LogP contribution in [0.25, 0.3) is 0 Å². The molecule has 0 bridgehead atoms. The highest BCUT2D eigenvalue weighted by molar-refractivity contribution is 5.07. The summed E-state index contributed by atoms with van der Waals surface area (Å²) in [7, 11) is 0. The second-order valence-corrected chi connectivity index (χ2v) is 3.62. The summed E-state index contributed by atoms with van der Waals surface area (Å²) < 4.78 is 41.0. The highest BCUT2D eigenvalue weighted by Crippen LogP contribution is 2.31. The molecule has 2 heterocycles. The Bertz CT molecular complexity index is 328. The first-order chi connectivity index (χ1) is 7.07. The van der Waals surface area contributed by atoms with Crippen LogP contribution in [0.1, 0.15) is 30.3 Å². The molecule has 0 saturated carbocycles. The van der Waals surface area contributed by atoms with E-state index < -0.39 is 12.1 Å². The van der Waals surface area contributed by atoms with Gasteiger partial charge in [-0.3, -0.25) is 0 Å². The zero-order chi connectivity index (χ0) is 10.9. The number of aromatic nitrogens is 1. The fourth-order valence-electron chi connectivity index (χ4n) is 1.71. The molecule has 2 rings (SSSR count). The number of rotatable bonds is 1. The Kier molecular flexibility index (Phi) is 2.68. The number of nitrogens with zero attached hydrogens (tertiary/aromatic N) is 1. The average molecular weight is 220 g/mol. The van der Waals surface area contributed by atoms with Crippen molar-refractivity contribution in [3.05, 3.63) is 17.8 Å². The smallest absolute Gasteiger partial charge is 0.441 e. The molecule has 15 heavy (non-hydrogen) atoms. The van der Waals surface area contributed by atoms with Crippen LogP contribution in [0, 0.1) is 0 Å². The van der Waals surface area contributed by atoms with Crippen LogP contribution in [-0.4, -0.2) is 18.1 Å². The lowest BCUT2D eigenvalue weighted by Gasteiger charge is -2.20. The van der Waals surface area contributed by atoms with Gasteiger partial charge in [-0.15, -0.1) is 0 Å². The van der Waals surface area contributed by atoms with Gasteiger partial charge in [0.05, 0.1) is 5.69 Å². The summed E-state index contributed by atoms with van der Waals surface area (Å²) in [5.74, 6) is -1.11. The summed E-state index contributed by atoms with van der Waals surface area (Å²) in [6, 6.07) is 0. The van der Waals surface area contributed by atoms with Gasteiger partial charge in [0.1, 0.15) is 6.26 Å². The van der Waals surface area contributed by atoms with Crippen molar-refractivity contribution >= 4 is 0 Å². The van der Waals surface area contributed by atoms with Crippen LogP contribution >= 0.6 is 0 Å². The normalized spacial score (nSPS) is 23.0. The summed E-state index contributed by atoms with van der Waals surface area (Å²) in [6.07, 6.45) is -1.56. The average Bonchev–Trinajstić information content (AvgIpc) is 2.67. The highest BCUT2D eigenvalue weighted by Gasteiger charge is 2.37. The fourth-order valence-corrected chi connectivity index (χ4v) is 1.71. The van der Waals surface area contributed by atoms with Crippen LogP contribution in [0.2, 0.25) is 0 Å². The molecule has 1 N–H and O–H groups in total. The second-order valence-electron chi connectivity index (χ2n) is 3.62. The van der Waals surface area contributed by atoms with E-state index in [9.17, 15) is 13.2 Å². The number of halogens is 3. The van der Waals surface area contributed by atoms with Gasteiger partial charge < -0.3 is 9.73 Å². The van der Waals surface area contributed by atoms with E-state index in [0.29, 0.717) is 12.2 Å². The molecule has 1 unspecified atom stereocenters. The molecule has 1 aromatic rings. The number of piperidine rings is 1. The van der Waals surface area contributed by atoms with E-state index in [4.69, 9.17) is 0 Å². The van der Waals surface area contributed by atoms with E-state index in [1.807, 2.05) is 0 Å². The van der Waals surface area contributed by atoms with E-state index in [1.165, 1.54) is 0 Å². The molecule has 0 aromatic carbocycles. The second kappa shape index (κ2) is 3.84. The summed E-state index contributed by atoms with van der Waals surface area (Å²) in [4.78, 5) is 3.47. The van der Waals surface area contributed by atoms with Crippen molar-refractivity contribution in [2.24, 2.45) is 0 Å². The molecule has 3 nitrogen and oxygen atoms in total. The van der Waals surface area contributed by atoms with E-state index in [0.717, 1.165) is 25.6 Å². The Morgan fingerprint density at radius 2 is 2.27 bits per heavy atom. The molecule has 0 radical (unpaired) electrons. The van der Waals surface area contributed by atoms with Gasteiger partial charge in [-0.1, -0.05) is 0 Å². The fraction of sp³-hybridized carbons (Fsp3) is 0.667. The topological polar surface area (TPSA) is 38.1 Å². The van der Waals surface area contributed by atoms with Crippen LogP contribution in [0.3, 0.4) is 0 Å². The molecule has 0 spiro atoms. The molecular formula is C9H11F3N2O. The Morgan fingerprint density at radius 3 is 2.80 bits per heavy atom. The van der Waals surface area contributed by atoms with Gasteiger partial charge in [0.15, 0.2) is 0 Å². The van der Waals surface area contributed by atoms with Crippen molar-refractivity contribution in [2.45, 2.75) is 24.9 Å². The monoisotopic (exact) mass is 220 g/mol. The zero-order valence-electron chi connectivity index (χ0n) is 7.97. The number of alkyl halides is 3. The van der Waals surface area contributed by atoms with Crippen LogP contribution in [-0.2, 0) is 6.18 Å². The third-order valence-electron chi connectivity index (χ3n) is 2.48. The lowest BCUT2D eigenvalue weighted by Crippen LogP contribution is -2.28. The van der Waals surface area contributed by atoms with Crippen molar-refractivity contribution in [1.29, 1.82) is 0 Å². The van der Waals surface area contributed by atoms with Crippen molar-refractivity contribution in [3.63, 3.8) is 0 Å². The number of nitrogens with one attached hydrogen (secondary N) is 1. The van der Waals surface area contributed by atoms with E-state index in [-0.39, 0.29) is 5.92 Å². The van der Waals surface area contributed by atoms with Crippen molar-refractivity contribution in [1.82, 2.24) is 10.3 Å². The standard InChI is InChI=1S/C9H11F3N2O/c10-9(11,12)8-14-7(5-15-8)6-2-1-3-13-4-6/h5-6,13H,1-4H2. The quantitative estimate of drug-likeness (QED) is 0.788. The largest absolute Gasteiger partial charge is 0.468 e. The number of oxazole rings is 1. The maximum atomic E-state index is 12.2. The Hall–Kier alpha value is -1.04. The summed E-state index contributed by atoms with van der Waals surface area (Å²) in [5, 5.41) is 3.12. The van der Waals surface area contributed by atoms with Gasteiger partial charge in [-0.05, 0) is 19.4 Å². The molecule has 1 saturated heterocycles. The van der Waals surface area contributed by atoms with Gasteiger partial charge in [-0.2, -0.15) is 13.2 Å².